The molecule has 0 aliphatic rings. The fraction of sp³-hybridized carbons (Fsp3) is 0.294. The van der Waals surface area contributed by atoms with Gasteiger partial charge in [0.2, 0.25) is 0 Å². The molecule has 0 saturated heterocycles. The zero-order valence-electron chi connectivity index (χ0n) is 12.5. The minimum Gasteiger partial charge on any atom is -0.497 e. The monoisotopic (exact) mass is 289 g/mol. The normalized spacial score (nSPS) is 12.0. The first-order valence-electron chi connectivity index (χ1n) is 6.99. The molecule has 4 heteroatoms. The van der Waals surface area contributed by atoms with Crippen LogP contribution in [0.4, 0.5) is 4.39 Å². The maximum absolute atomic E-state index is 14.1. The van der Waals surface area contributed by atoms with Crippen LogP contribution in [0, 0.1) is 5.82 Å². The third kappa shape index (κ3) is 3.73. The lowest BCUT2D eigenvalue weighted by Crippen LogP contribution is -2.18. The highest BCUT2D eigenvalue weighted by molar-refractivity contribution is 5.42. The van der Waals surface area contributed by atoms with Crippen LogP contribution < -0.4 is 14.8 Å². The molecule has 21 heavy (non-hydrogen) atoms. The van der Waals surface area contributed by atoms with Gasteiger partial charge in [0.05, 0.1) is 7.11 Å². The van der Waals surface area contributed by atoms with Crippen LogP contribution in [0.15, 0.2) is 42.5 Å². The molecule has 112 valence electrons. The van der Waals surface area contributed by atoms with E-state index >= 15 is 0 Å². The Kier molecular flexibility index (Phi) is 5.17. The molecule has 0 amide bonds. The highest BCUT2D eigenvalue weighted by Crippen LogP contribution is 2.33. The van der Waals surface area contributed by atoms with E-state index in [0.29, 0.717) is 11.5 Å². The first-order chi connectivity index (χ1) is 10.2. The molecular formula is C17H20FNO2. The number of para-hydroxylation sites is 1. The molecule has 2 aromatic rings. The third-order valence-electron chi connectivity index (χ3n) is 3.24. The van der Waals surface area contributed by atoms with Gasteiger partial charge >= 0.3 is 0 Å². The van der Waals surface area contributed by atoms with Gasteiger partial charge in [-0.3, -0.25) is 0 Å². The van der Waals surface area contributed by atoms with Crippen LogP contribution in [0.1, 0.15) is 25.5 Å². The van der Waals surface area contributed by atoms with Crippen LogP contribution >= 0.6 is 0 Å². The van der Waals surface area contributed by atoms with E-state index in [1.54, 1.807) is 25.3 Å². The number of benzene rings is 2. The summed E-state index contributed by atoms with van der Waals surface area (Å²) in [6.07, 6.45) is 0. The summed E-state index contributed by atoms with van der Waals surface area (Å²) < 4.78 is 25.0. The number of rotatable bonds is 6. The van der Waals surface area contributed by atoms with Gasteiger partial charge in [0.15, 0.2) is 11.6 Å². The van der Waals surface area contributed by atoms with Crippen molar-refractivity contribution in [1.29, 1.82) is 0 Å². The van der Waals surface area contributed by atoms with Crippen molar-refractivity contribution in [2.45, 2.75) is 19.9 Å². The average Bonchev–Trinajstić information content (AvgIpc) is 2.49. The highest BCUT2D eigenvalue weighted by Gasteiger charge is 2.16. The Morgan fingerprint density at radius 2 is 1.86 bits per heavy atom. The van der Waals surface area contributed by atoms with Crippen molar-refractivity contribution in [3.05, 3.63) is 53.8 Å². The summed E-state index contributed by atoms with van der Waals surface area (Å²) in [4.78, 5) is 0. The molecule has 0 heterocycles. The quantitative estimate of drug-likeness (QED) is 0.860. The van der Waals surface area contributed by atoms with Gasteiger partial charge in [0.1, 0.15) is 11.5 Å². The number of ether oxygens (including phenoxy) is 2. The van der Waals surface area contributed by atoms with Crippen LogP contribution in [0.5, 0.6) is 17.2 Å². The van der Waals surface area contributed by atoms with E-state index in [4.69, 9.17) is 9.47 Å². The number of halogens is 1. The SMILES string of the molecule is CCNC(C)c1cccc(F)c1Oc1cccc(OC)c1. The summed E-state index contributed by atoms with van der Waals surface area (Å²) in [5, 5.41) is 3.27. The molecule has 0 fully saturated rings. The minimum absolute atomic E-state index is 0.00584. The molecule has 0 aromatic heterocycles. The summed E-state index contributed by atoms with van der Waals surface area (Å²) in [5.41, 5.74) is 0.791. The number of methoxy groups -OCH3 is 1. The number of nitrogens with one attached hydrogen (secondary N) is 1. The van der Waals surface area contributed by atoms with E-state index in [1.165, 1.54) is 6.07 Å². The van der Waals surface area contributed by atoms with E-state index in [1.807, 2.05) is 32.0 Å². The molecule has 1 atom stereocenters. The van der Waals surface area contributed by atoms with Crippen molar-refractivity contribution in [1.82, 2.24) is 5.32 Å². The second-order valence-electron chi connectivity index (χ2n) is 4.72. The lowest BCUT2D eigenvalue weighted by molar-refractivity contribution is 0.401. The van der Waals surface area contributed by atoms with Crippen molar-refractivity contribution >= 4 is 0 Å². The zero-order valence-corrected chi connectivity index (χ0v) is 12.5. The van der Waals surface area contributed by atoms with E-state index in [9.17, 15) is 4.39 Å². The van der Waals surface area contributed by atoms with Crippen molar-refractivity contribution in [2.24, 2.45) is 0 Å². The first kappa shape index (κ1) is 15.3. The van der Waals surface area contributed by atoms with Crippen LogP contribution in [0.2, 0.25) is 0 Å². The molecule has 0 bridgehead atoms. The third-order valence-corrected chi connectivity index (χ3v) is 3.24. The van der Waals surface area contributed by atoms with Crippen LogP contribution in [-0.2, 0) is 0 Å². The number of hydrogen-bond donors (Lipinski definition) is 1. The standard InChI is InChI=1S/C17H20FNO2/c1-4-19-12(2)15-9-6-10-16(18)17(15)21-14-8-5-7-13(11-14)20-3/h5-12,19H,4H2,1-3H3. The van der Waals surface area contributed by atoms with Gasteiger partial charge in [-0.1, -0.05) is 25.1 Å². The summed E-state index contributed by atoms with van der Waals surface area (Å²) >= 11 is 0. The zero-order chi connectivity index (χ0) is 15.2. The molecule has 0 saturated carbocycles. The number of hydrogen-bond acceptors (Lipinski definition) is 3. The molecule has 2 aromatic carbocycles. The van der Waals surface area contributed by atoms with E-state index < -0.39 is 0 Å². The predicted octanol–water partition coefficient (Wildman–Crippen LogP) is 4.30. The van der Waals surface area contributed by atoms with Gasteiger partial charge in [-0.15, -0.1) is 0 Å². The molecular weight excluding hydrogens is 269 g/mol. The summed E-state index contributed by atoms with van der Waals surface area (Å²) in [5.74, 6) is 1.09. The second kappa shape index (κ2) is 7.09. The first-order valence-corrected chi connectivity index (χ1v) is 6.99. The van der Waals surface area contributed by atoms with Crippen molar-refractivity contribution in [3.63, 3.8) is 0 Å². The van der Waals surface area contributed by atoms with Gasteiger partial charge in [0.25, 0.3) is 0 Å². The van der Waals surface area contributed by atoms with Gasteiger partial charge in [0, 0.05) is 17.7 Å². The fourth-order valence-corrected chi connectivity index (χ4v) is 2.17. The maximum atomic E-state index is 14.1. The smallest absolute Gasteiger partial charge is 0.167 e. The molecule has 3 nitrogen and oxygen atoms in total. The van der Waals surface area contributed by atoms with Gasteiger partial charge in [-0.25, -0.2) is 4.39 Å². The molecule has 0 aliphatic heterocycles. The van der Waals surface area contributed by atoms with Crippen molar-refractivity contribution in [3.8, 4) is 17.2 Å². The van der Waals surface area contributed by atoms with Crippen molar-refractivity contribution < 1.29 is 13.9 Å². The Hall–Kier alpha value is -2.07. The Morgan fingerprint density at radius 1 is 1.14 bits per heavy atom. The second-order valence-corrected chi connectivity index (χ2v) is 4.72. The topological polar surface area (TPSA) is 30.5 Å². The summed E-state index contributed by atoms with van der Waals surface area (Å²) in [7, 11) is 1.58. The Morgan fingerprint density at radius 3 is 2.57 bits per heavy atom. The summed E-state index contributed by atoms with van der Waals surface area (Å²) in [6.45, 7) is 4.80. The van der Waals surface area contributed by atoms with Crippen LogP contribution in [-0.4, -0.2) is 13.7 Å². The summed E-state index contributed by atoms with van der Waals surface area (Å²) in [6, 6.07) is 12.1. The highest BCUT2D eigenvalue weighted by atomic mass is 19.1. The van der Waals surface area contributed by atoms with E-state index in [-0.39, 0.29) is 17.6 Å². The van der Waals surface area contributed by atoms with Crippen LogP contribution in [0.25, 0.3) is 0 Å². The average molecular weight is 289 g/mol. The molecule has 2 rings (SSSR count). The van der Waals surface area contributed by atoms with Crippen LogP contribution in [0.3, 0.4) is 0 Å². The van der Waals surface area contributed by atoms with Gasteiger partial charge < -0.3 is 14.8 Å². The van der Waals surface area contributed by atoms with E-state index in [0.717, 1.165) is 12.1 Å². The Bertz CT molecular complexity index is 601. The largest absolute Gasteiger partial charge is 0.497 e. The van der Waals surface area contributed by atoms with Crippen molar-refractivity contribution in [2.75, 3.05) is 13.7 Å². The molecule has 0 radical (unpaired) electrons. The van der Waals surface area contributed by atoms with Gasteiger partial charge in [-0.05, 0) is 31.7 Å². The minimum atomic E-state index is -0.375. The maximum Gasteiger partial charge on any atom is 0.167 e. The molecule has 1 unspecified atom stereocenters. The van der Waals surface area contributed by atoms with E-state index in [2.05, 4.69) is 5.32 Å². The Labute approximate surface area is 124 Å². The fourth-order valence-electron chi connectivity index (χ4n) is 2.17. The lowest BCUT2D eigenvalue weighted by Gasteiger charge is -2.18. The predicted molar refractivity (Wildman–Crippen MR) is 81.6 cm³/mol. The van der Waals surface area contributed by atoms with Gasteiger partial charge in [-0.2, -0.15) is 0 Å². The molecule has 0 aliphatic carbocycles. The molecule has 0 spiro atoms. The molecule has 1 N–H and O–H groups in total. The lowest BCUT2D eigenvalue weighted by atomic mass is 10.1. The Balaban J connectivity index is 2.33.